The maximum absolute atomic E-state index is 8.25. The Morgan fingerprint density at radius 3 is 1.33 bits per heavy atom. The summed E-state index contributed by atoms with van der Waals surface area (Å²) >= 11 is 0. The molecule has 0 aliphatic carbocycles. The summed E-state index contributed by atoms with van der Waals surface area (Å²) in [5.74, 6) is 0. The van der Waals surface area contributed by atoms with Gasteiger partial charge in [0.25, 0.3) is 0 Å². The van der Waals surface area contributed by atoms with E-state index < -0.39 is 5.09 Å². The van der Waals surface area contributed by atoms with E-state index in [1.807, 2.05) is 0 Å². The van der Waals surface area contributed by atoms with Crippen LogP contribution in [0, 0.1) is 15.3 Å². The molecular weight excluding hydrogens is 180 g/mol. The smallest absolute Gasteiger partial charge is 0.356 e. The summed E-state index contributed by atoms with van der Waals surface area (Å²) in [6.07, 6.45) is 0. The molecule has 0 fully saturated rings. The molecule has 1 radical (unpaired) electrons. The predicted octanol–water partition coefficient (Wildman–Crippen LogP) is -0.244. The standard InChI is InChI=1S/Cu.Mn.NO3/c;;2-1(3)4/q+1;;-1. The van der Waals surface area contributed by atoms with Crippen molar-refractivity contribution in [2.24, 2.45) is 0 Å². The molecule has 0 amide bonds. The molecule has 41 valence electrons. The van der Waals surface area contributed by atoms with Crippen LogP contribution >= 0.6 is 0 Å². The summed E-state index contributed by atoms with van der Waals surface area (Å²) in [7, 11) is 0. The quantitative estimate of drug-likeness (QED) is 0.293. The molecule has 0 N–H and O–H groups in total. The fourth-order valence-corrected chi connectivity index (χ4v) is 0. The maximum Gasteiger partial charge on any atom is 1.00 e. The Morgan fingerprint density at radius 2 is 1.33 bits per heavy atom. The molecule has 0 aromatic carbocycles. The molecular formula is CuMnNO3. The van der Waals surface area contributed by atoms with Gasteiger partial charge in [-0.05, 0) is 0 Å². The van der Waals surface area contributed by atoms with Crippen LogP contribution in [-0.4, -0.2) is 5.09 Å². The molecule has 6 heavy (non-hydrogen) atoms. The van der Waals surface area contributed by atoms with E-state index in [-0.39, 0.29) is 34.1 Å². The number of hydrogen-bond donors (Lipinski definition) is 0. The molecule has 0 aliphatic heterocycles. The van der Waals surface area contributed by atoms with Crippen molar-refractivity contribution in [2.45, 2.75) is 0 Å². The van der Waals surface area contributed by atoms with Gasteiger partial charge in [-0.3, -0.25) is 0 Å². The zero-order valence-electron chi connectivity index (χ0n) is 2.35. The summed E-state index contributed by atoms with van der Waals surface area (Å²) in [5, 5.41) is 14.8. The second-order valence-electron chi connectivity index (χ2n) is 0.224. The predicted molar refractivity (Wildman–Crippen MR) is 10.4 cm³/mol. The van der Waals surface area contributed by atoms with Gasteiger partial charge in [0.15, 0.2) is 0 Å². The SMILES string of the molecule is O=[N+]([O-])[O-].[Cu+].[Mn]. The zero-order valence-corrected chi connectivity index (χ0v) is 4.47. The second kappa shape index (κ2) is 8.97. The van der Waals surface area contributed by atoms with Gasteiger partial charge in [-0.25, -0.2) is 0 Å². The van der Waals surface area contributed by atoms with E-state index >= 15 is 0 Å². The fourth-order valence-electron chi connectivity index (χ4n) is 0. The summed E-state index contributed by atoms with van der Waals surface area (Å²) in [6.45, 7) is 0. The topological polar surface area (TPSA) is 66.2 Å². The van der Waals surface area contributed by atoms with Gasteiger partial charge in [0.05, 0.1) is 5.09 Å². The maximum atomic E-state index is 8.25. The average Bonchev–Trinajstić information content (AvgIpc) is 0.811. The van der Waals surface area contributed by atoms with Crippen LogP contribution in [0.5, 0.6) is 0 Å². The van der Waals surface area contributed by atoms with E-state index in [1.54, 1.807) is 0 Å². The van der Waals surface area contributed by atoms with E-state index in [9.17, 15) is 0 Å². The van der Waals surface area contributed by atoms with Gasteiger partial charge in [0, 0.05) is 17.1 Å². The normalized spacial score (nSPS) is 4.00. The Bertz CT molecular complexity index is 33.8. The van der Waals surface area contributed by atoms with Gasteiger partial charge < -0.3 is 15.3 Å². The van der Waals surface area contributed by atoms with Crippen molar-refractivity contribution in [2.75, 3.05) is 0 Å². The van der Waals surface area contributed by atoms with Gasteiger partial charge in [-0.1, -0.05) is 0 Å². The molecule has 0 unspecified atom stereocenters. The first-order valence-electron chi connectivity index (χ1n) is 0.548. The van der Waals surface area contributed by atoms with Crippen LogP contribution in [0.2, 0.25) is 0 Å². The minimum absolute atomic E-state index is 0. The number of nitrogens with zero attached hydrogens (tertiary/aromatic N) is 1. The fraction of sp³-hybridized carbons (Fsp3) is 0. The van der Waals surface area contributed by atoms with Crippen molar-refractivity contribution in [3.8, 4) is 0 Å². The average molecular weight is 180 g/mol. The third-order valence-corrected chi connectivity index (χ3v) is 0. The van der Waals surface area contributed by atoms with Crippen LogP contribution in [0.15, 0.2) is 0 Å². The van der Waals surface area contributed by atoms with Crippen LogP contribution in [0.1, 0.15) is 0 Å². The Morgan fingerprint density at radius 1 is 1.33 bits per heavy atom. The van der Waals surface area contributed by atoms with E-state index in [2.05, 4.69) is 0 Å². The van der Waals surface area contributed by atoms with E-state index in [4.69, 9.17) is 15.3 Å². The first-order chi connectivity index (χ1) is 1.73. The summed E-state index contributed by atoms with van der Waals surface area (Å²) in [5.41, 5.74) is 0. The van der Waals surface area contributed by atoms with Crippen LogP contribution in [0.4, 0.5) is 0 Å². The minimum Gasteiger partial charge on any atom is -0.356 e. The van der Waals surface area contributed by atoms with Crippen LogP contribution < -0.4 is 0 Å². The Labute approximate surface area is 55.0 Å². The Hall–Kier alpha value is 0.239. The monoisotopic (exact) mass is 180 g/mol. The van der Waals surface area contributed by atoms with Gasteiger partial charge >= 0.3 is 17.1 Å². The van der Waals surface area contributed by atoms with Crippen molar-refractivity contribution in [3.63, 3.8) is 0 Å². The van der Waals surface area contributed by atoms with E-state index in [0.717, 1.165) is 0 Å². The van der Waals surface area contributed by atoms with Gasteiger partial charge in [-0.2, -0.15) is 0 Å². The molecule has 0 rings (SSSR count). The first kappa shape index (κ1) is 16.3. The van der Waals surface area contributed by atoms with Crippen molar-refractivity contribution < 1.29 is 39.2 Å². The van der Waals surface area contributed by atoms with Crippen molar-refractivity contribution in [3.05, 3.63) is 15.3 Å². The van der Waals surface area contributed by atoms with Crippen LogP contribution in [0.3, 0.4) is 0 Å². The molecule has 0 saturated carbocycles. The minimum atomic E-state index is -1.75. The molecule has 4 nitrogen and oxygen atoms in total. The van der Waals surface area contributed by atoms with Crippen LogP contribution in [-0.2, 0) is 34.1 Å². The van der Waals surface area contributed by atoms with Gasteiger partial charge in [0.2, 0.25) is 0 Å². The molecule has 0 atom stereocenters. The molecule has 0 spiro atoms. The Balaban J connectivity index is -0.0000000450. The third kappa shape index (κ3) is 779. The molecule has 0 heterocycles. The molecule has 6 heteroatoms. The van der Waals surface area contributed by atoms with Gasteiger partial charge in [-0.15, -0.1) is 0 Å². The molecule has 0 aromatic rings. The largest absolute Gasteiger partial charge is 1.00 e. The van der Waals surface area contributed by atoms with Crippen molar-refractivity contribution in [1.29, 1.82) is 0 Å². The summed E-state index contributed by atoms with van der Waals surface area (Å²) < 4.78 is 0. The number of rotatable bonds is 0. The molecule has 0 bridgehead atoms. The van der Waals surface area contributed by atoms with Crippen molar-refractivity contribution in [1.82, 2.24) is 0 Å². The third-order valence-electron chi connectivity index (χ3n) is 0. The summed E-state index contributed by atoms with van der Waals surface area (Å²) in [4.78, 5) is 8.25. The first-order valence-corrected chi connectivity index (χ1v) is 0.548. The van der Waals surface area contributed by atoms with Gasteiger partial charge in [0.1, 0.15) is 0 Å². The van der Waals surface area contributed by atoms with E-state index in [1.165, 1.54) is 0 Å². The second-order valence-corrected chi connectivity index (χ2v) is 0.224. The number of hydrogen-bond acceptors (Lipinski definition) is 3. The van der Waals surface area contributed by atoms with Crippen LogP contribution in [0.25, 0.3) is 0 Å². The molecule has 0 aliphatic rings. The van der Waals surface area contributed by atoms with E-state index in [0.29, 0.717) is 0 Å². The molecule has 0 saturated heterocycles. The molecule has 0 aromatic heterocycles. The zero-order chi connectivity index (χ0) is 3.58. The van der Waals surface area contributed by atoms with Crippen molar-refractivity contribution >= 4 is 0 Å². The summed E-state index contributed by atoms with van der Waals surface area (Å²) in [6, 6.07) is 0. The Kier molecular flexibility index (Phi) is 24.4.